The topological polar surface area (TPSA) is 42.7 Å². The van der Waals surface area contributed by atoms with Crippen molar-refractivity contribution < 1.29 is 0 Å². The standard InChI is InChI=1S/C9H14N4/c1-3-5-6-10-7-9-11-8-12-13(9)4-2/h1,8,10H,4-7H2,2H3. The summed E-state index contributed by atoms with van der Waals surface area (Å²) in [6.07, 6.45) is 7.44. The van der Waals surface area contributed by atoms with Crippen molar-refractivity contribution in [2.45, 2.75) is 26.4 Å². The number of hydrogen-bond acceptors (Lipinski definition) is 3. The quantitative estimate of drug-likeness (QED) is 0.524. The van der Waals surface area contributed by atoms with E-state index in [1.165, 1.54) is 0 Å². The Balaban J connectivity index is 2.32. The zero-order valence-electron chi connectivity index (χ0n) is 7.82. The van der Waals surface area contributed by atoms with Crippen LogP contribution < -0.4 is 5.32 Å². The van der Waals surface area contributed by atoms with Crippen molar-refractivity contribution in [3.63, 3.8) is 0 Å². The van der Waals surface area contributed by atoms with E-state index in [1.807, 2.05) is 11.6 Å². The van der Waals surface area contributed by atoms with Crippen LogP contribution in [0, 0.1) is 12.3 Å². The second kappa shape index (κ2) is 5.33. The van der Waals surface area contributed by atoms with Crippen LogP contribution in [0.15, 0.2) is 6.33 Å². The molecule has 0 aliphatic carbocycles. The molecule has 1 aromatic rings. The monoisotopic (exact) mass is 178 g/mol. The first kappa shape index (κ1) is 9.75. The average Bonchev–Trinajstić information content (AvgIpc) is 2.60. The molecule has 4 heteroatoms. The maximum absolute atomic E-state index is 5.12. The maximum atomic E-state index is 5.12. The van der Waals surface area contributed by atoms with Gasteiger partial charge >= 0.3 is 0 Å². The lowest BCUT2D eigenvalue weighted by atomic mass is 10.4. The van der Waals surface area contributed by atoms with Crippen molar-refractivity contribution in [1.29, 1.82) is 0 Å². The molecule has 0 saturated carbocycles. The largest absolute Gasteiger partial charge is 0.309 e. The Hall–Kier alpha value is -1.34. The van der Waals surface area contributed by atoms with Crippen LogP contribution in [0.1, 0.15) is 19.2 Å². The van der Waals surface area contributed by atoms with Crippen molar-refractivity contribution in [2.24, 2.45) is 0 Å². The van der Waals surface area contributed by atoms with Crippen LogP contribution in [-0.4, -0.2) is 21.3 Å². The van der Waals surface area contributed by atoms with Crippen molar-refractivity contribution in [3.05, 3.63) is 12.2 Å². The second-order valence-corrected chi connectivity index (χ2v) is 2.62. The highest BCUT2D eigenvalue weighted by molar-refractivity contribution is 4.86. The molecule has 4 nitrogen and oxygen atoms in total. The first-order valence-corrected chi connectivity index (χ1v) is 4.39. The molecule has 0 atom stereocenters. The van der Waals surface area contributed by atoms with Gasteiger partial charge in [-0.2, -0.15) is 5.10 Å². The molecule has 0 aromatic carbocycles. The Labute approximate surface area is 78.4 Å². The minimum Gasteiger partial charge on any atom is -0.309 e. The van der Waals surface area contributed by atoms with E-state index >= 15 is 0 Å². The Morgan fingerprint density at radius 2 is 2.54 bits per heavy atom. The molecule has 1 rings (SSSR count). The van der Waals surface area contributed by atoms with Gasteiger partial charge < -0.3 is 5.32 Å². The molecule has 0 unspecified atom stereocenters. The van der Waals surface area contributed by atoms with Gasteiger partial charge in [-0.05, 0) is 6.92 Å². The summed E-state index contributed by atoms with van der Waals surface area (Å²) in [4.78, 5) is 4.12. The number of aryl methyl sites for hydroxylation is 1. The van der Waals surface area contributed by atoms with Crippen LogP contribution in [0.2, 0.25) is 0 Å². The Morgan fingerprint density at radius 3 is 3.23 bits per heavy atom. The number of hydrogen-bond donors (Lipinski definition) is 1. The van der Waals surface area contributed by atoms with E-state index in [4.69, 9.17) is 6.42 Å². The Kier molecular flexibility index (Phi) is 4.00. The van der Waals surface area contributed by atoms with Gasteiger partial charge in [-0.1, -0.05) is 0 Å². The third kappa shape index (κ3) is 2.88. The molecule has 1 heterocycles. The lowest BCUT2D eigenvalue weighted by Gasteiger charge is -2.03. The van der Waals surface area contributed by atoms with Gasteiger partial charge in [0.2, 0.25) is 0 Å². The second-order valence-electron chi connectivity index (χ2n) is 2.62. The van der Waals surface area contributed by atoms with Crippen LogP contribution in [0.4, 0.5) is 0 Å². The predicted molar refractivity (Wildman–Crippen MR) is 50.9 cm³/mol. The highest BCUT2D eigenvalue weighted by Crippen LogP contribution is 1.92. The van der Waals surface area contributed by atoms with Gasteiger partial charge in [-0.15, -0.1) is 12.3 Å². The molecule has 0 aliphatic heterocycles. The molecular weight excluding hydrogens is 164 g/mol. The van der Waals surface area contributed by atoms with Gasteiger partial charge in [0.25, 0.3) is 0 Å². The number of terminal acetylenes is 1. The fourth-order valence-electron chi connectivity index (χ4n) is 1.05. The summed E-state index contributed by atoms with van der Waals surface area (Å²) in [5.74, 6) is 3.53. The fourth-order valence-corrected chi connectivity index (χ4v) is 1.05. The molecule has 0 radical (unpaired) electrons. The first-order chi connectivity index (χ1) is 6.38. The summed E-state index contributed by atoms with van der Waals surface area (Å²) >= 11 is 0. The first-order valence-electron chi connectivity index (χ1n) is 4.39. The summed E-state index contributed by atoms with van der Waals surface area (Å²) in [6.45, 7) is 4.45. The van der Waals surface area contributed by atoms with Crippen LogP contribution in [0.3, 0.4) is 0 Å². The molecule has 0 aliphatic rings. The van der Waals surface area contributed by atoms with E-state index in [9.17, 15) is 0 Å². The normalized spacial score (nSPS) is 9.85. The minimum absolute atomic E-state index is 0.732. The number of nitrogens with zero attached hydrogens (tertiary/aromatic N) is 3. The smallest absolute Gasteiger partial charge is 0.140 e. The predicted octanol–water partition coefficient (Wildman–Crippen LogP) is 0.411. The van der Waals surface area contributed by atoms with E-state index in [-0.39, 0.29) is 0 Å². The summed E-state index contributed by atoms with van der Waals surface area (Å²) in [7, 11) is 0. The summed E-state index contributed by atoms with van der Waals surface area (Å²) in [6, 6.07) is 0. The zero-order chi connectivity index (χ0) is 9.52. The number of aromatic nitrogens is 3. The lowest BCUT2D eigenvalue weighted by molar-refractivity contribution is 0.576. The molecule has 0 bridgehead atoms. The summed E-state index contributed by atoms with van der Waals surface area (Å²) in [5, 5.41) is 7.26. The molecule has 0 spiro atoms. The van der Waals surface area contributed by atoms with E-state index in [2.05, 4.69) is 21.3 Å². The van der Waals surface area contributed by atoms with Gasteiger partial charge in [-0.25, -0.2) is 9.67 Å². The highest BCUT2D eigenvalue weighted by atomic mass is 15.3. The van der Waals surface area contributed by atoms with E-state index in [0.29, 0.717) is 0 Å². The molecule has 0 saturated heterocycles. The van der Waals surface area contributed by atoms with E-state index in [0.717, 1.165) is 31.9 Å². The van der Waals surface area contributed by atoms with Crippen LogP contribution in [0.5, 0.6) is 0 Å². The molecule has 0 fully saturated rings. The SMILES string of the molecule is C#CCCNCc1ncnn1CC. The van der Waals surface area contributed by atoms with E-state index in [1.54, 1.807) is 6.33 Å². The van der Waals surface area contributed by atoms with Crippen molar-refractivity contribution >= 4 is 0 Å². The molecule has 1 aromatic heterocycles. The molecule has 0 amide bonds. The third-order valence-electron chi connectivity index (χ3n) is 1.72. The van der Waals surface area contributed by atoms with Crippen LogP contribution in [-0.2, 0) is 13.1 Å². The van der Waals surface area contributed by atoms with Crippen molar-refractivity contribution in [2.75, 3.05) is 6.54 Å². The number of rotatable bonds is 5. The zero-order valence-corrected chi connectivity index (χ0v) is 7.82. The molecular formula is C9H14N4. The van der Waals surface area contributed by atoms with Gasteiger partial charge in [0.1, 0.15) is 12.2 Å². The fraction of sp³-hybridized carbons (Fsp3) is 0.556. The lowest BCUT2D eigenvalue weighted by Crippen LogP contribution is -2.18. The van der Waals surface area contributed by atoms with Crippen molar-refractivity contribution in [3.8, 4) is 12.3 Å². The van der Waals surface area contributed by atoms with Gasteiger partial charge in [-0.3, -0.25) is 0 Å². The molecule has 70 valence electrons. The van der Waals surface area contributed by atoms with Crippen LogP contribution in [0.25, 0.3) is 0 Å². The van der Waals surface area contributed by atoms with E-state index < -0.39 is 0 Å². The number of nitrogens with one attached hydrogen (secondary N) is 1. The highest BCUT2D eigenvalue weighted by Gasteiger charge is 1.99. The van der Waals surface area contributed by atoms with Gasteiger partial charge in [0, 0.05) is 19.5 Å². The Morgan fingerprint density at radius 1 is 1.69 bits per heavy atom. The summed E-state index contributed by atoms with van der Waals surface area (Å²) in [5.41, 5.74) is 0. The molecule has 1 N–H and O–H groups in total. The van der Waals surface area contributed by atoms with Gasteiger partial charge in [0.05, 0.1) is 6.54 Å². The Bertz CT molecular complexity index is 284. The summed E-state index contributed by atoms with van der Waals surface area (Å²) < 4.78 is 1.86. The average molecular weight is 178 g/mol. The molecule has 13 heavy (non-hydrogen) atoms. The van der Waals surface area contributed by atoms with Crippen molar-refractivity contribution in [1.82, 2.24) is 20.1 Å². The minimum atomic E-state index is 0.732. The maximum Gasteiger partial charge on any atom is 0.140 e. The third-order valence-corrected chi connectivity index (χ3v) is 1.72. The van der Waals surface area contributed by atoms with Gasteiger partial charge in [0.15, 0.2) is 0 Å². The van der Waals surface area contributed by atoms with Crippen LogP contribution >= 0.6 is 0 Å².